The maximum atomic E-state index is 12.6. The van der Waals surface area contributed by atoms with Crippen LogP contribution in [0.2, 0.25) is 15.1 Å². The van der Waals surface area contributed by atoms with E-state index in [9.17, 15) is 29.1 Å². The van der Waals surface area contributed by atoms with Gasteiger partial charge in [-0.3, -0.25) is 19.2 Å². The van der Waals surface area contributed by atoms with Gasteiger partial charge in [0.1, 0.15) is 41.1 Å². The zero-order valence-corrected chi connectivity index (χ0v) is 91.4. The summed E-state index contributed by atoms with van der Waals surface area (Å²) < 4.78 is 52.9. The minimum absolute atomic E-state index is 0. The fourth-order valence-electron chi connectivity index (χ4n) is 10.8. The van der Waals surface area contributed by atoms with E-state index in [0.717, 1.165) is 70.6 Å². The van der Waals surface area contributed by atoms with E-state index in [1.807, 2.05) is 132 Å². The van der Waals surface area contributed by atoms with Gasteiger partial charge in [-0.25, -0.2) is 49.3 Å². The standard InChI is InChI=1S/C25H25ClN6O4.C25H25ClN6O3.C16H18N6O2.C9H8BrClO2.C4H6O4.C2H3BO2.CH2O3.2Cs.Na.H/c1-15-12-32(14-29-15)20-8-5-16(9-22(20)35-4)30-25-28-11-23(24(27-2)31-25)36-13-21(33)18-7-6-17(34-3)10-19(18)26;1-15-12-32(14-28-15)20-8-5-16(9-22(20)34-4)29-25-27-11-23-24(30-25)31(2)21(13-35-23)18-7-6-17(33-3)10-19(18)26;1-10-8-22(9-19-10)12-5-4-11(6-14(12)24-3)20-16-18-7-13(23)15(17-2)21-16;1-13-6-2-3-7(8(11)4-6)9(12)5-10;1-3(5)7-8-4(2)6;1-2(4)5-3;2-1-4-3;;;;/h5-12,14H,13H2,1-4H3,(H2,27,28,30,31);5-12,14,21H,13H2,1-4H3,(H,27,29,30);4-9,23H,1-3H3,(H2,17,18,20,21);2-4H,5H2,1H3;1-2H3;1H3;1,3H;;;;/q;;;;;-1;;3*+1;-1/p-1. The van der Waals surface area contributed by atoms with E-state index in [1.54, 1.807) is 117 Å². The zero-order chi connectivity index (χ0) is 91.4. The van der Waals surface area contributed by atoms with Gasteiger partial charge in [-0.2, -0.15) is 15.0 Å². The number of ketones is 2. The predicted molar refractivity (Wildman–Crippen MR) is 469 cm³/mol. The van der Waals surface area contributed by atoms with E-state index < -0.39 is 17.9 Å². The molecule has 1 atom stereocenters. The van der Waals surface area contributed by atoms with Crippen LogP contribution in [-0.4, -0.2) is 190 Å². The molecular formula is C82H87BBrCl3Cs2N18NaO20. The Hall–Kier alpha value is -9.11. The summed E-state index contributed by atoms with van der Waals surface area (Å²) in [5.41, 5.74) is 9.45. The van der Waals surface area contributed by atoms with Crippen molar-refractivity contribution in [3.05, 3.63) is 214 Å². The van der Waals surface area contributed by atoms with Crippen LogP contribution in [0.3, 0.4) is 0 Å². The molecule has 0 saturated heterocycles. The first kappa shape index (κ1) is 111. The van der Waals surface area contributed by atoms with Gasteiger partial charge in [0.05, 0.1) is 136 Å². The van der Waals surface area contributed by atoms with Gasteiger partial charge in [-0.1, -0.05) is 56.8 Å². The van der Waals surface area contributed by atoms with Crippen molar-refractivity contribution in [1.82, 2.24) is 58.6 Å². The van der Waals surface area contributed by atoms with Crippen LogP contribution in [0.5, 0.6) is 51.7 Å². The number of likely N-dealkylation sites (N-methyl/N-ethyl adjacent to an activating group) is 1. The number of carbonyl (C=O) groups excluding carboxylic acids is 6. The molecule has 6 aromatic carbocycles. The summed E-state index contributed by atoms with van der Waals surface area (Å²) in [6, 6.07) is 32.5. The van der Waals surface area contributed by atoms with Gasteiger partial charge in [0.2, 0.25) is 29.6 Å². The molecule has 7 heterocycles. The Morgan fingerprint density at radius 2 is 0.945 bits per heavy atom. The van der Waals surface area contributed by atoms with Gasteiger partial charge in [0.15, 0.2) is 47.1 Å². The number of benzene rings is 6. The molecule has 1 aliphatic rings. The molecule has 1 unspecified atom stereocenters. The van der Waals surface area contributed by atoms with E-state index in [1.165, 1.54) is 26.4 Å². The topological polar surface area (TPSA) is 451 Å². The molecule has 0 spiro atoms. The van der Waals surface area contributed by atoms with Crippen LogP contribution in [0.25, 0.3) is 17.1 Å². The number of nitrogens with one attached hydrogen (secondary N) is 5. The number of aromatic hydroxyl groups is 1. The van der Waals surface area contributed by atoms with Gasteiger partial charge in [-0.15, -0.1) is 0 Å². The molecule has 0 amide bonds. The molecule has 3 radical (unpaired) electrons. The van der Waals surface area contributed by atoms with Gasteiger partial charge < -0.3 is 112 Å². The summed E-state index contributed by atoms with van der Waals surface area (Å²) in [6.45, 7) is 9.33. The quantitative estimate of drug-likeness (QED) is 0.0116. The first-order chi connectivity index (χ1) is 60.0. The second-order valence-corrected chi connectivity index (χ2v) is 27.0. The number of aromatic nitrogens is 12. The Kier molecular flexibility index (Phi) is 49.7. The predicted octanol–water partition coefficient (Wildman–Crippen LogP) is 4.26. The second-order valence-electron chi connectivity index (χ2n) is 25.3. The number of hydrogen-bond donors (Lipinski definition) is 6. The number of methoxy groups -OCH3 is 6. The van der Waals surface area contributed by atoms with Crippen LogP contribution < -0.4 is 242 Å². The third kappa shape index (κ3) is 34.0. The summed E-state index contributed by atoms with van der Waals surface area (Å²) >= 11 is 21.7. The summed E-state index contributed by atoms with van der Waals surface area (Å²) in [5.74, 6) is 5.40. The molecule has 0 fully saturated rings. The number of aryl methyl sites for hydroxylation is 3. The van der Waals surface area contributed by atoms with Crippen LogP contribution in [0.15, 0.2) is 165 Å². The van der Waals surface area contributed by atoms with E-state index in [2.05, 4.69) is 110 Å². The van der Waals surface area contributed by atoms with Crippen molar-refractivity contribution in [3.63, 3.8) is 0 Å². The number of hydrogen-bond acceptors (Lipinski definition) is 35. The smallest absolute Gasteiger partial charge is 1.00 e. The van der Waals surface area contributed by atoms with Crippen LogP contribution >= 0.6 is 50.7 Å². The average Bonchev–Trinajstić information content (AvgIpc) is 0.985. The fraction of sp³-hybridized carbons (Fsp3) is 0.232. The Bertz CT molecular complexity index is 5680. The van der Waals surface area contributed by atoms with E-state index in [-0.39, 0.29) is 216 Å². The van der Waals surface area contributed by atoms with Crippen molar-refractivity contribution in [3.8, 4) is 68.8 Å². The van der Waals surface area contributed by atoms with Crippen molar-refractivity contribution in [2.24, 2.45) is 0 Å². The third-order valence-electron chi connectivity index (χ3n) is 16.7. The minimum atomic E-state index is -0.639. The number of fused-ring (bicyclic) bond motifs is 1. The van der Waals surface area contributed by atoms with Gasteiger partial charge in [-0.05, 0) is 111 Å². The summed E-state index contributed by atoms with van der Waals surface area (Å²) in [4.78, 5) is 113. The zero-order valence-electron chi connectivity index (χ0n) is 74.0. The molecule has 6 N–H and O–H groups in total. The largest absolute Gasteiger partial charge is 1.00 e. The third-order valence-corrected chi connectivity index (χ3v) is 18.2. The number of halogens is 4. The number of alkyl halides is 1. The monoisotopic (exact) mass is 2130 g/mol. The van der Waals surface area contributed by atoms with E-state index in [0.29, 0.717) is 109 Å². The minimum Gasteiger partial charge on any atom is -1.00 e. The fourth-order valence-corrected chi connectivity index (χ4v) is 12.0. The molecule has 659 valence electrons. The van der Waals surface area contributed by atoms with Gasteiger partial charge in [0.25, 0.3) is 6.47 Å². The number of rotatable bonds is 25. The molecule has 13 rings (SSSR count). The summed E-state index contributed by atoms with van der Waals surface area (Å²) in [6.07, 6.45) is 15.5. The van der Waals surface area contributed by atoms with E-state index >= 15 is 0 Å². The average molecular weight is 2130 g/mol. The molecule has 0 saturated carbocycles. The Morgan fingerprint density at radius 3 is 1.30 bits per heavy atom. The SMILES string of the molecule is CC(=O)OOC(C)=O.CNc1nc(Nc2ccc(-n3cnc(C)c3)c(OC)c2)ncc1O.CNc1nc(Nc2ccc(-n3cnc(C)c3)c(OC)c2)ncc1OCC(=O)c1ccc(OC)cc1Cl.COc1ccc(C(=O)CBr)c(Cl)c1.COc1ccc(C2COc3cnc(Nc4ccc(-n5cnc(C)c5)c(OC)c4)nc3N2C)c(Cl)c1.O=CO[O-].[B-]OC(C)=O.[Cs+].[Cs+].[H-].[Na+]. The van der Waals surface area contributed by atoms with Crippen molar-refractivity contribution in [2.75, 3.05) is 114 Å². The normalized spacial score (nSPS) is 10.9. The molecule has 0 bridgehead atoms. The van der Waals surface area contributed by atoms with Crippen LogP contribution in [0.4, 0.5) is 52.4 Å². The van der Waals surface area contributed by atoms with Crippen molar-refractivity contribution >= 4 is 147 Å². The first-order valence-electron chi connectivity index (χ1n) is 36.6. The molecule has 1 aliphatic heterocycles. The summed E-state index contributed by atoms with van der Waals surface area (Å²) in [5, 5.41) is 34.9. The molecule has 46 heteroatoms. The Labute approximate surface area is 902 Å². The Balaban J connectivity index is 0.000000428. The number of nitrogens with zero attached hydrogens (tertiary/aromatic N) is 13. The second kappa shape index (κ2) is 57.1. The molecule has 38 nitrogen and oxygen atoms in total. The maximum absolute atomic E-state index is 12.6. The van der Waals surface area contributed by atoms with Crippen molar-refractivity contribution in [2.45, 2.75) is 47.6 Å². The number of imidazole rings is 3. The van der Waals surface area contributed by atoms with Crippen LogP contribution in [0, 0.1) is 20.8 Å². The number of Topliss-reactive ketones (excluding diaryl/α,β-unsaturated/α-hetero) is 2. The van der Waals surface area contributed by atoms with Crippen molar-refractivity contribution < 1.29 is 265 Å². The van der Waals surface area contributed by atoms with Crippen molar-refractivity contribution in [1.29, 1.82) is 0 Å². The number of ether oxygens (including phenoxy) is 8. The molecule has 128 heavy (non-hydrogen) atoms. The molecular weight excluding hydrogens is 2040 g/mol. The maximum Gasteiger partial charge on any atom is 1.00 e. The number of carbonyl (C=O) groups is 6. The van der Waals surface area contributed by atoms with Gasteiger partial charge in [0, 0.05) is 112 Å². The summed E-state index contributed by atoms with van der Waals surface area (Å²) in [7, 11) is 19.2. The van der Waals surface area contributed by atoms with Crippen LogP contribution in [0.1, 0.15) is 71.6 Å². The molecule has 12 aromatic rings. The first-order valence-corrected chi connectivity index (χ1v) is 38.8. The van der Waals surface area contributed by atoms with Gasteiger partial charge >= 0.3 is 179 Å². The van der Waals surface area contributed by atoms with E-state index in [4.69, 9.17) is 87.7 Å². The molecule has 0 aliphatic carbocycles. The molecule has 6 aromatic heterocycles. The number of anilines is 9. The Morgan fingerprint density at radius 1 is 0.555 bits per heavy atom. The van der Waals surface area contributed by atoms with Crippen LogP contribution in [-0.2, 0) is 38.5 Å².